The van der Waals surface area contributed by atoms with E-state index in [1.807, 2.05) is 30.0 Å². The summed E-state index contributed by atoms with van der Waals surface area (Å²) in [5.41, 5.74) is 1.10. The Labute approximate surface area is 191 Å². The van der Waals surface area contributed by atoms with Crippen molar-refractivity contribution in [2.24, 2.45) is 0 Å². The van der Waals surface area contributed by atoms with E-state index in [4.69, 9.17) is 0 Å². The molecular formula is C24H34N4O3S. The molecule has 7 nitrogen and oxygen atoms in total. The van der Waals surface area contributed by atoms with E-state index in [1.165, 1.54) is 0 Å². The van der Waals surface area contributed by atoms with E-state index < -0.39 is 10.2 Å². The van der Waals surface area contributed by atoms with Crippen LogP contribution in [0.4, 0.5) is 0 Å². The number of hydrogen-bond donors (Lipinski definition) is 1. The van der Waals surface area contributed by atoms with E-state index >= 15 is 0 Å². The van der Waals surface area contributed by atoms with E-state index in [0.717, 1.165) is 42.0 Å². The molecule has 0 aromatic heterocycles. The van der Waals surface area contributed by atoms with Crippen molar-refractivity contribution in [2.45, 2.75) is 38.6 Å². The van der Waals surface area contributed by atoms with Gasteiger partial charge in [-0.05, 0) is 36.1 Å². The Morgan fingerprint density at radius 3 is 2.22 bits per heavy atom. The highest BCUT2D eigenvalue weighted by Gasteiger charge is 2.32. The molecule has 0 bridgehead atoms. The van der Waals surface area contributed by atoms with Crippen molar-refractivity contribution in [1.82, 2.24) is 18.8 Å². The normalized spacial score (nSPS) is 20.7. The number of carbonyl (C=O) groups excluding carboxylic acids is 1. The maximum atomic E-state index is 13.0. The van der Waals surface area contributed by atoms with Crippen LogP contribution in [0.15, 0.2) is 42.5 Å². The first-order valence-electron chi connectivity index (χ1n) is 11.7. The molecule has 0 radical (unpaired) electrons. The molecule has 0 aliphatic carbocycles. The molecule has 4 rings (SSSR count). The van der Waals surface area contributed by atoms with Gasteiger partial charge in [-0.25, -0.2) is 0 Å². The summed E-state index contributed by atoms with van der Waals surface area (Å²) in [7, 11) is -3.40. The zero-order valence-corrected chi connectivity index (χ0v) is 19.7. The molecule has 0 saturated carbocycles. The van der Waals surface area contributed by atoms with Gasteiger partial charge in [0, 0.05) is 39.3 Å². The minimum Gasteiger partial charge on any atom is -0.348 e. The minimum atomic E-state index is -3.40. The average Bonchev–Trinajstić information content (AvgIpc) is 3.09. The smallest absolute Gasteiger partial charge is 0.282 e. The van der Waals surface area contributed by atoms with Gasteiger partial charge in [0.1, 0.15) is 0 Å². The fraction of sp³-hybridized carbons (Fsp3) is 0.542. The third kappa shape index (κ3) is 5.31. The Balaban J connectivity index is 1.30. The lowest BCUT2D eigenvalue weighted by molar-refractivity contribution is -0.123. The molecule has 174 valence electrons. The summed E-state index contributed by atoms with van der Waals surface area (Å²) >= 11 is 0. The first-order valence-corrected chi connectivity index (χ1v) is 13.1. The molecule has 2 aromatic carbocycles. The predicted octanol–water partition coefficient (Wildman–Crippen LogP) is 2.76. The topological polar surface area (TPSA) is 73.0 Å². The molecule has 32 heavy (non-hydrogen) atoms. The van der Waals surface area contributed by atoms with E-state index in [9.17, 15) is 13.2 Å². The summed E-state index contributed by atoms with van der Waals surface area (Å²) < 4.78 is 29.2. The zero-order chi connectivity index (χ0) is 22.6. The van der Waals surface area contributed by atoms with E-state index in [1.54, 1.807) is 8.61 Å². The summed E-state index contributed by atoms with van der Waals surface area (Å²) in [6.45, 7) is 5.55. The average molecular weight is 459 g/mol. The molecule has 2 aromatic rings. The van der Waals surface area contributed by atoms with Crippen molar-refractivity contribution < 1.29 is 13.2 Å². The molecule has 1 amide bonds. The molecule has 0 spiro atoms. The van der Waals surface area contributed by atoms with Crippen molar-refractivity contribution in [1.29, 1.82) is 0 Å². The summed E-state index contributed by atoms with van der Waals surface area (Å²) in [5, 5.41) is 5.42. The molecule has 2 aliphatic heterocycles. The highest BCUT2D eigenvalue weighted by atomic mass is 32.2. The molecule has 2 saturated heterocycles. The molecule has 2 fully saturated rings. The number of nitrogens with zero attached hydrogens (tertiary/aromatic N) is 3. The fourth-order valence-corrected chi connectivity index (χ4v) is 6.42. The van der Waals surface area contributed by atoms with Crippen LogP contribution in [0.25, 0.3) is 10.8 Å². The van der Waals surface area contributed by atoms with E-state index in [2.05, 4.69) is 29.6 Å². The standard InChI is InChI=1S/C24H34N4O3S/c1-20(22-12-8-10-21-9-4-5-11-23(21)22)25-24(29)19-26-15-17-28(18-16-26)32(30,31)27-13-6-2-3-7-14-27/h4-5,8-12,20H,2-3,6-7,13-19H2,1H3,(H,25,29). The van der Waals surface area contributed by atoms with E-state index in [0.29, 0.717) is 39.3 Å². The van der Waals surface area contributed by atoms with Crippen LogP contribution in [0.3, 0.4) is 0 Å². The van der Waals surface area contributed by atoms with Crippen LogP contribution in [0.5, 0.6) is 0 Å². The molecular weight excluding hydrogens is 424 g/mol. The Kier molecular flexibility index (Phi) is 7.45. The van der Waals surface area contributed by atoms with Crippen molar-refractivity contribution in [3.63, 3.8) is 0 Å². The lowest BCUT2D eigenvalue weighted by atomic mass is 10.00. The first kappa shape index (κ1) is 23.2. The molecule has 1 N–H and O–H groups in total. The number of piperazine rings is 1. The number of carbonyl (C=O) groups is 1. The molecule has 1 unspecified atom stereocenters. The Hall–Kier alpha value is -2.00. The SMILES string of the molecule is CC(NC(=O)CN1CCN(S(=O)(=O)N2CCCCCC2)CC1)c1cccc2ccccc12. The van der Waals surface area contributed by atoms with Gasteiger partial charge in [-0.15, -0.1) is 0 Å². The minimum absolute atomic E-state index is 0.0331. The van der Waals surface area contributed by atoms with Crippen molar-refractivity contribution in [3.05, 3.63) is 48.0 Å². The molecule has 1 atom stereocenters. The summed E-state index contributed by atoms with van der Waals surface area (Å²) in [6, 6.07) is 14.2. The van der Waals surface area contributed by atoms with Gasteiger partial charge >= 0.3 is 0 Å². The number of nitrogens with one attached hydrogen (secondary N) is 1. The summed E-state index contributed by atoms with van der Waals surface area (Å²) in [6.07, 6.45) is 4.08. The van der Waals surface area contributed by atoms with Crippen LogP contribution in [0.2, 0.25) is 0 Å². The third-order valence-electron chi connectivity index (χ3n) is 6.58. The lowest BCUT2D eigenvalue weighted by Gasteiger charge is -2.36. The van der Waals surface area contributed by atoms with Gasteiger partial charge < -0.3 is 5.32 Å². The second-order valence-electron chi connectivity index (χ2n) is 8.85. The van der Waals surface area contributed by atoms with Crippen LogP contribution in [0, 0.1) is 0 Å². The largest absolute Gasteiger partial charge is 0.348 e. The maximum absolute atomic E-state index is 13.0. The monoisotopic (exact) mass is 458 g/mol. The molecule has 2 heterocycles. The molecule has 8 heteroatoms. The Morgan fingerprint density at radius 1 is 0.875 bits per heavy atom. The number of rotatable bonds is 6. The Bertz CT molecular complexity index is 1020. The quantitative estimate of drug-likeness (QED) is 0.723. The lowest BCUT2D eigenvalue weighted by Crippen LogP contribution is -2.54. The van der Waals surface area contributed by atoms with Crippen molar-refractivity contribution in [3.8, 4) is 0 Å². The van der Waals surface area contributed by atoms with Gasteiger partial charge in [-0.2, -0.15) is 17.0 Å². The Morgan fingerprint density at radius 2 is 1.50 bits per heavy atom. The van der Waals surface area contributed by atoms with Crippen LogP contribution in [0.1, 0.15) is 44.2 Å². The summed E-state index contributed by atoms with van der Waals surface area (Å²) in [4.78, 5) is 14.7. The number of amides is 1. The van der Waals surface area contributed by atoms with Crippen molar-refractivity contribution >= 4 is 26.9 Å². The third-order valence-corrected chi connectivity index (χ3v) is 8.62. The van der Waals surface area contributed by atoms with E-state index in [-0.39, 0.29) is 18.5 Å². The van der Waals surface area contributed by atoms with Crippen LogP contribution in [-0.4, -0.2) is 73.6 Å². The highest BCUT2D eigenvalue weighted by molar-refractivity contribution is 7.86. The van der Waals surface area contributed by atoms with Crippen LogP contribution in [-0.2, 0) is 15.0 Å². The summed E-state index contributed by atoms with van der Waals surface area (Å²) in [5.74, 6) is -0.0331. The maximum Gasteiger partial charge on any atom is 0.282 e. The van der Waals surface area contributed by atoms with Crippen LogP contribution >= 0.6 is 0 Å². The highest BCUT2D eigenvalue weighted by Crippen LogP contribution is 2.24. The van der Waals surface area contributed by atoms with Gasteiger partial charge in [0.15, 0.2) is 0 Å². The number of fused-ring (bicyclic) bond motifs is 1. The van der Waals surface area contributed by atoms with Gasteiger partial charge in [0.05, 0.1) is 12.6 Å². The number of hydrogen-bond acceptors (Lipinski definition) is 4. The molecule has 2 aliphatic rings. The second kappa shape index (κ2) is 10.3. The number of benzene rings is 2. The fourth-order valence-electron chi connectivity index (χ4n) is 4.75. The first-order chi connectivity index (χ1) is 15.4. The van der Waals surface area contributed by atoms with Gasteiger partial charge in [-0.3, -0.25) is 9.69 Å². The van der Waals surface area contributed by atoms with Crippen molar-refractivity contribution in [2.75, 3.05) is 45.8 Å². The van der Waals surface area contributed by atoms with Crippen LogP contribution < -0.4 is 5.32 Å². The zero-order valence-electron chi connectivity index (χ0n) is 18.9. The van der Waals surface area contributed by atoms with Gasteiger partial charge in [-0.1, -0.05) is 55.3 Å². The van der Waals surface area contributed by atoms with Gasteiger partial charge in [0.2, 0.25) is 5.91 Å². The predicted molar refractivity (Wildman–Crippen MR) is 127 cm³/mol. The van der Waals surface area contributed by atoms with Gasteiger partial charge in [0.25, 0.3) is 10.2 Å². The second-order valence-corrected chi connectivity index (χ2v) is 10.8.